The molecule has 0 saturated heterocycles. The third-order valence-electron chi connectivity index (χ3n) is 3.68. The third kappa shape index (κ3) is 3.24. The van der Waals surface area contributed by atoms with E-state index in [4.69, 9.17) is 23.2 Å². The van der Waals surface area contributed by atoms with E-state index in [9.17, 15) is 18.4 Å². The molecule has 2 amide bonds. The lowest BCUT2D eigenvalue weighted by atomic mass is 10.1. The van der Waals surface area contributed by atoms with Gasteiger partial charge < -0.3 is 0 Å². The maximum Gasteiger partial charge on any atom is 0.272 e. The second-order valence-electron chi connectivity index (χ2n) is 5.30. The van der Waals surface area contributed by atoms with Gasteiger partial charge in [0.05, 0.1) is 21.2 Å². The Kier molecular flexibility index (Phi) is 5.37. The summed E-state index contributed by atoms with van der Waals surface area (Å²) in [5, 5.41) is 0.575. The van der Waals surface area contributed by atoms with E-state index in [2.05, 4.69) is 0 Å². The SMILES string of the molecule is CCSC1=C(c2ccc(Cl)cc2Cl)C(=O)N(c2ccc(F)cc2F)C1=O. The van der Waals surface area contributed by atoms with Gasteiger partial charge >= 0.3 is 0 Å². The number of benzene rings is 2. The molecule has 8 heteroatoms. The van der Waals surface area contributed by atoms with Crippen LogP contribution in [0.4, 0.5) is 14.5 Å². The number of hydrogen-bond donors (Lipinski definition) is 0. The molecular weight excluding hydrogens is 403 g/mol. The van der Waals surface area contributed by atoms with Crippen molar-refractivity contribution in [2.24, 2.45) is 0 Å². The van der Waals surface area contributed by atoms with Crippen molar-refractivity contribution in [2.75, 3.05) is 10.7 Å². The first-order chi connectivity index (χ1) is 12.3. The van der Waals surface area contributed by atoms with E-state index in [0.717, 1.165) is 23.9 Å². The van der Waals surface area contributed by atoms with Gasteiger partial charge in [-0.1, -0.05) is 36.2 Å². The summed E-state index contributed by atoms with van der Waals surface area (Å²) in [5.41, 5.74) is 0.0957. The quantitative estimate of drug-likeness (QED) is 0.637. The van der Waals surface area contributed by atoms with Gasteiger partial charge in [-0.05, 0) is 30.0 Å². The Morgan fingerprint density at radius 1 is 1.04 bits per heavy atom. The Hall–Kier alpha value is -1.89. The van der Waals surface area contributed by atoms with Crippen molar-refractivity contribution < 1.29 is 18.4 Å². The number of anilines is 1. The molecule has 1 aliphatic heterocycles. The zero-order valence-electron chi connectivity index (χ0n) is 13.4. The molecule has 3 nitrogen and oxygen atoms in total. The summed E-state index contributed by atoms with van der Waals surface area (Å²) in [6, 6.07) is 7.20. The number of carbonyl (C=O) groups excluding carboxylic acids is 2. The highest BCUT2D eigenvalue weighted by Gasteiger charge is 2.41. The van der Waals surface area contributed by atoms with Crippen LogP contribution in [-0.2, 0) is 9.59 Å². The number of amides is 2. The Morgan fingerprint density at radius 2 is 1.77 bits per heavy atom. The maximum atomic E-state index is 14.2. The molecule has 0 saturated carbocycles. The molecule has 134 valence electrons. The van der Waals surface area contributed by atoms with Gasteiger partial charge in [0.15, 0.2) is 0 Å². The van der Waals surface area contributed by atoms with Crippen molar-refractivity contribution in [2.45, 2.75) is 6.92 Å². The summed E-state index contributed by atoms with van der Waals surface area (Å²) >= 11 is 13.2. The molecule has 0 atom stereocenters. The molecule has 0 aromatic heterocycles. The van der Waals surface area contributed by atoms with Gasteiger partial charge in [0.1, 0.15) is 11.6 Å². The van der Waals surface area contributed by atoms with Gasteiger partial charge in [-0.3, -0.25) is 9.59 Å². The van der Waals surface area contributed by atoms with Crippen LogP contribution in [0, 0.1) is 11.6 Å². The highest BCUT2D eigenvalue weighted by molar-refractivity contribution is 8.04. The predicted molar refractivity (Wildman–Crippen MR) is 100 cm³/mol. The summed E-state index contributed by atoms with van der Waals surface area (Å²) in [6.07, 6.45) is 0. The lowest BCUT2D eigenvalue weighted by Crippen LogP contribution is -2.32. The van der Waals surface area contributed by atoms with E-state index in [-0.39, 0.29) is 21.2 Å². The number of hydrogen-bond acceptors (Lipinski definition) is 3. The van der Waals surface area contributed by atoms with Crippen LogP contribution >= 0.6 is 35.0 Å². The van der Waals surface area contributed by atoms with Gasteiger partial charge in [0.25, 0.3) is 11.8 Å². The minimum absolute atomic E-state index is 0.0761. The summed E-state index contributed by atoms with van der Waals surface area (Å²) in [5.74, 6) is -2.68. The first-order valence-electron chi connectivity index (χ1n) is 7.51. The molecule has 0 radical (unpaired) electrons. The Labute approximate surface area is 162 Å². The van der Waals surface area contributed by atoms with Gasteiger partial charge in [-0.25, -0.2) is 13.7 Å². The zero-order valence-corrected chi connectivity index (χ0v) is 15.7. The molecule has 3 rings (SSSR count). The molecule has 26 heavy (non-hydrogen) atoms. The summed E-state index contributed by atoms with van der Waals surface area (Å²) in [6.45, 7) is 1.82. The van der Waals surface area contributed by atoms with Crippen LogP contribution in [0.25, 0.3) is 5.57 Å². The number of thioether (sulfide) groups is 1. The highest BCUT2D eigenvalue weighted by atomic mass is 35.5. The predicted octanol–water partition coefficient (Wildman–Crippen LogP) is 5.31. The van der Waals surface area contributed by atoms with Crippen LogP contribution in [0.3, 0.4) is 0 Å². The molecule has 2 aromatic rings. The fourth-order valence-electron chi connectivity index (χ4n) is 2.60. The van der Waals surface area contributed by atoms with Crippen LogP contribution in [0.1, 0.15) is 12.5 Å². The normalized spacial score (nSPS) is 14.6. The lowest BCUT2D eigenvalue weighted by Gasteiger charge is -2.16. The molecule has 1 heterocycles. The molecule has 1 aliphatic rings. The van der Waals surface area contributed by atoms with E-state index in [1.807, 2.05) is 6.92 Å². The fraction of sp³-hybridized carbons (Fsp3) is 0.111. The number of carbonyl (C=O) groups is 2. The first-order valence-corrected chi connectivity index (χ1v) is 9.25. The number of nitrogens with zero attached hydrogens (tertiary/aromatic N) is 1. The third-order valence-corrected chi connectivity index (χ3v) is 5.19. The molecule has 0 bridgehead atoms. The average molecular weight is 414 g/mol. The monoisotopic (exact) mass is 413 g/mol. The number of rotatable bonds is 4. The van der Waals surface area contributed by atoms with Crippen molar-refractivity contribution in [3.05, 3.63) is 68.5 Å². The Balaban J connectivity index is 2.15. The van der Waals surface area contributed by atoms with Crippen LogP contribution in [0.5, 0.6) is 0 Å². The smallest absolute Gasteiger partial charge is 0.268 e. The van der Waals surface area contributed by atoms with Crippen molar-refractivity contribution in [3.8, 4) is 0 Å². The van der Waals surface area contributed by atoms with Crippen LogP contribution in [-0.4, -0.2) is 17.6 Å². The highest BCUT2D eigenvalue weighted by Crippen LogP contribution is 2.41. The van der Waals surface area contributed by atoms with Crippen LogP contribution < -0.4 is 4.90 Å². The summed E-state index contributed by atoms with van der Waals surface area (Å²) in [4.78, 5) is 26.6. The average Bonchev–Trinajstić information content (AvgIpc) is 2.80. The molecule has 0 unspecified atom stereocenters. The van der Waals surface area contributed by atoms with E-state index in [0.29, 0.717) is 27.3 Å². The topological polar surface area (TPSA) is 37.4 Å². The second-order valence-corrected chi connectivity index (χ2v) is 7.42. The van der Waals surface area contributed by atoms with Gasteiger partial charge in [0.2, 0.25) is 0 Å². The van der Waals surface area contributed by atoms with Gasteiger partial charge in [-0.15, -0.1) is 11.8 Å². The molecule has 0 spiro atoms. The molecule has 0 fully saturated rings. The number of halogens is 4. The minimum Gasteiger partial charge on any atom is -0.268 e. The minimum atomic E-state index is -1.00. The Bertz CT molecular complexity index is 962. The zero-order chi connectivity index (χ0) is 19.0. The van der Waals surface area contributed by atoms with E-state index < -0.39 is 23.4 Å². The molecule has 0 aliphatic carbocycles. The Morgan fingerprint density at radius 3 is 2.38 bits per heavy atom. The molecule has 2 aromatic carbocycles. The molecular formula is C18H11Cl2F2NO2S. The number of imide groups is 1. The van der Waals surface area contributed by atoms with Crippen molar-refractivity contribution in [3.63, 3.8) is 0 Å². The van der Waals surface area contributed by atoms with E-state index >= 15 is 0 Å². The van der Waals surface area contributed by atoms with Crippen molar-refractivity contribution >= 4 is 58.0 Å². The lowest BCUT2D eigenvalue weighted by molar-refractivity contribution is -0.119. The summed E-state index contributed by atoms with van der Waals surface area (Å²) < 4.78 is 27.4. The van der Waals surface area contributed by atoms with E-state index in [1.165, 1.54) is 12.1 Å². The van der Waals surface area contributed by atoms with Crippen molar-refractivity contribution in [1.82, 2.24) is 0 Å². The van der Waals surface area contributed by atoms with Gasteiger partial charge in [0, 0.05) is 16.7 Å². The second kappa shape index (κ2) is 7.39. The van der Waals surface area contributed by atoms with E-state index in [1.54, 1.807) is 6.07 Å². The van der Waals surface area contributed by atoms with Crippen LogP contribution in [0.2, 0.25) is 10.0 Å². The summed E-state index contributed by atoms with van der Waals surface area (Å²) in [7, 11) is 0. The molecule has 0 N–H and O–H groups in total. The standard InChI is InChI=1S/C18H11Cl2F2NO2S/c1-2-26-16-15(11-5-3-9(19)7-12(11)20)17(24)23(18(16)25)14-6-4-10(21)8-13(14)22/h3-8H,2H2,1H3. The first kappa shape index (κ1) is 18.9. The largest absolute Gasteiger partial charge is 0.272 e. The van der Waals surface area contributed by atoms with Crippen molar-refractivity contribution in [1.29, 1.82) is 0 Å². The fourth-order valence-corrected chi connectivity index (χ4v) is 3.95. The van der Waals surface area contributed by atoms with Gasteiger partial charge in [-0.2, -0.15) is 0 Å². The maximum absolute atomic E-state index is 14.2. The van der Waals surface area contributed by atoms with Crippen LogP contribution in [0.15, 0.2) is 41.3 Å².